The molecular formula is C12H10Br2O2S. The highest BCUT2D eigenvalue weighted by Gasteiger charge is 2.16. The summed E-state index contributed by atoms with van der Waals surface area (Å²) < 4.78 is 6.97. The average molecular weight is 378 g/mol. The van der Waals surface area contributed by atoms with Crippen LogP contribution in [-0.4, -0.2) is 12.2 Å². The molecule has 5 heteroatoms. The molecule has 0 radical (unpaired) electrons. The molecule has 0 fully saturated rings. The smallest absolute Gasteiger partial charge is 0.120 e. The van der Waals surface area contributed by atoms with Crippen LogP contribution in [0, 0.1) is 0 Å². The Morgan fingerprint density at radius 1 is 1.24 bits per heavy atom. The zero-order valence-electron chi connectivity index (χ0n) is 8.98. The summed E-state index contributed by atoms with van der Waals surface area (Å²) in [5, 5.41) is 10.3. The molecule has 0 amide bonds. The molecule has 0 saturated carbocycles. The summed E-state index contributed by atoms with van der Waals surface area (Å²) in [6, 6.07) is 9.39. The highest BCUT2D eigenvalue weighted by atomic mass is 79.9. The van der Waals surface area contributed by atoms with Crippen molar-refractivity contribution in [2.75, 3.05) is 7.11 Å². The third kappa shape index (κ3) is 2.91. The molecule has 0 aliphatic rings. The lowest BCUT2D eigenvalue weighted by molar-refractivity contribution is 0.223. The molecule has 2 nitrogen and oxygen atoms in total. The number of thiophene rings is 1. The van der Waals surface area contributed by atoms with Gasteiger partial charge in [0.25, 0.3) is 0 Å². The maximum atomic E-state index is 10.3. The van der Waals surface area contributed by atoms with Crippen molar-refractivity contribution in [2.24, 2.45) is 0 Å². The predicted octanol–water partition coefficient (Wildman–Crippen LogP) is 4.36. The van der Waals surface area contributed by atoms with Crippen LogP contribution in [0.3, 0.4) is 0 Å². The second-order valence-corrected chi connectivity index (χ2v) is 6.78. The minimum absolute atomic E-state index is 0.619. The monoisotopic (exact) mass is 376 g/mol. The summed E-state index contributed by atoms with van der Waals surface area (Å²) in [4.78, 5) is 0.905. The fourth-order valence-electron chi connectivity index (χ4n) is 1.49. The molecule has 0 saturated heterocycles. The quantitative estimate of drug-likeness (QED) is 0.860. The first-order chi connectivity index (χ1) is 8.11. The number of halogens is 2. The van der Waals surface area contributed by atoms with E-state index in [1.54, 1.807) is 7.11 Å². The molecule has 0 aliphatic carbocycles. The molecule has 2 aromatic rings. The number of aliphatic hydroxyl groups excluding tert-OH is 1. The van der Waals surface area contributed by atoms with Crippen molar-refractivity contribution in [3.63, 3.8) is 0 Å². The van der Waals surface area contributed by atoms with E-state index in [-0.39, 0.29) is 0 Å². The molecule has 0 aliphatic heterocycles. The van der Waals surface area contributed by atoms with Gasteiger partial charge in [0, 0.05) is 14.9 Å². The van der Waals surface area contributed by atoms with E-state index >= 15 is 0 Å². The lowest BCUT2D eigenvalue weighted by Gasteiger charge is -2.12. The number of hydrogen-bond donors (Lipinski definition) is 1. The molecule has 1 atom stereocenters. The first-order valence-electron chi connectivity index (χ1n) is 4.88. The molecule has 17 heavy (non-hydrogen) atoms. The zero-order chi connectivity index (χ0) is 12.4. The van der Waals surface area contributed by atoms with Gasteiger partial charge >= 0.3 is 0 Å². The van der Waals surface area contributed by atoms with Crippen LogP contribution in [0.4, 0.5) is 0 Å². The van der Waals surface area contributed by atoms with Crippen molar-refractivity contribution in [3.8, 4) is 5.75 Å². The zero-order valence-corrected chi connectivity index (χ0v) is 13.0. The summed E-state index contributed by atoms with van der Waals surface area (Å²) in [6.45, 7) is 0. The molecule has 1 heterocycles. The van der Waals surface area contributed by atoms with E-state index in [0.717, 1.165) is 24.4 Å². The van der Waals surface area contributed by atoms with Gasteiger partial charge in [-0.05, 0) is 40.2 Å². The molecule has 1 unspecified atom stereocenters. The normalized spacial score (nSPS) is 12.5. The van der Waals surface area contributed by atoms with Gasteiger partial charge in [-0.2, -0.15) is 0 Å². The van der Waals surface area contributed by atoms with Crippen molar-refractivity contribution in [1.29, 1.82) is 0 Å². The van der Waals surface area contributed by atoms with Crippen LogP contribution in [0.15, 0.2) is 38.6 Å². The van der Waals surface area contributed by atoms with E-state index in [0.29, 0.717) is 0 Å². The maximum absolute atomic E-state index is 10.3. The first-order valence-corrected chi connectivity index (χ1v) is 7.29. The van der Waals surface area contributed by atoms with Crippen molar-refractivity contribution >= 4 is 43.2 Å². The van der Waals surface area contributed by atoms with E-state index in [2.05, 4.69) is 31.9 Å². The Balaban J connectivity index is 2.34. The van der Waals surface area contributed by atoms with E-state index in [9.17, 15) is 5.11 Å². The topological polar surface area (TPSA) is 29.5 Å². The molecule has 1 aromatic heterocycles. The van der Waals surface area contributed by atoms with E-state index < -0.39 is 6.10 Å². The molecule has 0 bridgehead atoms. The van der Waals surface area contributed by atoms with Crippen LogP contribution in [0.25, 0.3) is 0 Å². The summed E-state index contributed by atoms with van der Waals surface area (Å²) in [7, 11) is 1.62. The van der Waals surface area contributed by atoms with Crippen LogP contribution >= 0.6 is 43.2 Å². The van der Waals surface area contributed by atoms with Crippen molar-refractivity contribution in [1.82, 2.24) is 0 Å². The Kier molecular flexibility index (Phi) is 4.25. The van der Waals surface area contributed by atoms with Gasteiger partial charge in [0.05, 0.1) is 10.9 Å². The van der Waals surface area contributed by atoms with Crippen molar-refractivity contribution < 1.29 is 9.84 Å². The summed E-state index contributed by atoms with van der Waals surface area (Å²) in [6.07, 6.45) is -0.619. The third-order valence-corrected chi connectivity index (χ3v) is 4.73. The van der Waals surface area contributed by atoms with E-state index in [1.165, 1.54) is 11.3 Å². The summed E-state index contributed by atoms with van der Waals surface area (Å²) in [5.41, 5.74) is 0.833. The number of benzene rings is 1. The lowest BCUT2D eigenvalue weighted by Crippen LogP contribution is -1.98. The minimum Gasteiger partial charge on any atom is -0.497 e. The fourth-order valence-corrected chi connectivity index (χ4v) is 3.49. The molecule has 2 rings (SSSR count). The van der Waals surface area contributed by atoms with E-state index in [1.807, 2.05) is 30.3 Å². The Morgan fingerprint density at radius 3 is 2.53 bits per heavy atom. The van der Waals surface area contributed by atoms with Crippen molar-refractivity contribution in [3.05, 3.63) is 49.0 Å². The summed E-state index contributed by atoms with van der Waals surface area (Å²) >= 11 is 8.36. The second-order valence-electron chi connectivity index (χ2n) is 3.43. The SMILES string of the molecule is COc1ccc(C(O)c2ccc(Br)s2)c(Br)c1. The van der Waals surface area contributed by atoms with Gasteiger partial charge in [0.1, 0.15) is 11.9 Å². The molecular weight excluding hydrogens is 368 g/mol. The first kappa shape index (κ1) is 13.1. The molecule has 0 spiro atoms. The van der Waals surface area contributed by atoms with E-state index in [4.69, 9.17) is 4.74 Å². The van der Waals surface area contributed by atoms with Gasteiger partial charge in [0.15, 0.2) is 0 Å². The Bertz CT molecular complexity index is 525. The third-order valence-electron chi connectivity index (χ3n) is 2.37. The number of hydrogen-bond acceptors (Lipinski definition) is 3. The van der Waals surface area contributed by atoms with Crippen LogP contribution < -0.4 is 4.74 Å². The van der Waals surface area contributed by atoms with Crippen LogP contribution in [0.2, 0.25) is 0 Å². The predicted molar refractivity (Wildman–Crippen MR) is 76.8 cm³/mol. The van der Waals surface area contributed by atoms with Gasteiger partial charge < -0.3 is 9.84 Å². The van der Waals surface area contributed by atoms with Gasteiger partial charge in [-0.25, -0.2) is 0 Å². The van der Waals surface area contributed by atoms with Crippen LogP contribution in [0.1, 0.15) is 16.5 Å². The fraction of sp³-hybridized carbons (Fsp3) is 0.167. The standard InChI is InChI=1S/C12H10Br2O2S/c1-16-7-2-3-8(9(13)6-7)12(15)10-4-5-11(14)17-10/h2-6,12,15H,1H3. The number of ether oxygens (including phenoxy) is 1. The van der Waals surface area contributed by atoms with Gasteiger partial charge in [-0.3, -0.25) is 0 Å². The summed E-state index contributed by atoms with van der Waals surface area (Å²) in [5.74, 6) is 0.764. The maximum Gasteiger partial charge on any atom is 0.120 e. The highest BCUT2D eigenvalue weighted by Crippen LogP contribution is 2.35. The molecule has 1 N–H and O–H groups in total. The Hall–Kier alpha value is -0.360. The number of aliphatic hydroxyl groups is 1. The second kappa shape index (κ2) is 5.52. The minimum atomic E-state index is -0.619. The van der Waals surface area contributed by atoms with Gasteiger partial charge in [-0.1, -0.05) is 22.0 Å². The Labute approximate surface area is 121 Å². The average Bonchev–Trinajstić information content (AvgIpc) is 2.75. The van der Waals surface area contributed by atoms with Crippen LogP contribution in [-0.2, 0) is 0 Å². The largest absolute Gasteiger partial charge is 0.497 e. The molecule has 1 aromatic carbocycles. The van der Waals surface area contributed by atoms with Gasteiger partial charge in [0.2, 0.25) is 0 Å². The Morgan fingerprint density at radius 2 is 2.00 bits per heavy atom. The van der Waals surface area contributed by atoms with Gasteiger partial charge in [-0.15, -0.1) is 11.3 Å². The highest BCUT2D eigenvalue weighted by molar-refractivity contribution is 9.11. The number of rotatable bonds is 3. The number of methoxy groups -OCH3 is 1. The van der Waals surface area contributed by atoms with Crippen LogP contribution in [0.5, 0.6) is 5.75 Å². The molecule has 90 valence electrons. The lowest BCUT2D eigenvalue weighted by atomic mass is 10.1. The van der Waals surface area contributed by atoms with Crippen molar-refractivity contribution in [2.45, 2.75) is 6.10 Å².